The first-order chi connectivity index (χ1) is 15.3. The molecule has 1 heteroatoms. The molecule has 0 saturated carbocycles. The zero-order valence-corrected chi connectivity index (χ0v) is 17.4. The summed E-state index contributed by atoms with van der Waals surface area (Å²) in [6.45, 7) is 0. The van der Waals surface area contributed by atoms with Crippen molar-refractivity contribution in [3.63, 3.8) is 0 Å². The summed E-state index contributed by atoms with van der Waals surface area (Å²) in [4.78, 5) is 13.2. The Labute approximate surface area is 184 Å². The van der Waals surface area contributed by atoms with Gasteiger partial charge in [-0.3, -0.25) is 4.79 Å². The quantitative estimate of drug-likeness (QED) is 0.517. The van der Waals surface area contributed by atoms with Gasteiger partial charge in [-0.1, -0.05) is 109 Å². The fraction of sp³-hybridized carbons (Fsp3) is 0.233. The predicted molar refractivity (Wildman–Crippen MR) is 126 cm³/mol. The molecule has 31 heavy (non-hydrogen) atoms. The molecule has 1 radical (unpaired) electrons. The average molecular weight is 402 g/mol. The van der Waals surface area contributed by atoms with E-state index in [-0.39, 0.29) is 23.0 Å². The highest BCUT2D eigenvalue weighted by molar-refractivity contribution is 5.89. The van der Waals surface area contributed by atoms with Crippen molar-refractivity contribution in [3.05, 3.63) is 132 Å². The van der Waals surface area contributed by atoms with Gasteiger partial charge in [-0.25, -0.2) is 0 Å². The Bertz CT molecular complexity index is 1150. The van der Waals surface area contributed by atoms with Crippen LogP contribution in [0.25, 0.3) is 0 Å². The summed E-state index contributed by atoms with van der Waals surface area (Å²) in [6, 6.07) is 0. The summed E-state index contributed by atoms with van der Waals surface area (Å²) >= 11 is 0. The fourth-order valence-corrected chi connectivity index (χ4v) is 6.23. The predicted octanol–water partition coefficient (Wildman–Crippen LogP) is 6.13. The minimum atomic E-state index is -0.374. The van der Waals surface area contributed by atoms with Gasteiger partial charge < -0.3 is 0 Å². The number of carbonyl (C=O) groups excluding carboxylic acids is 1. The maximum atomic E-state index is 13.2. The molecule has 6 aliphatic rings. The summed E-state index contributed by atoms with van der Waals surface area (Å²) in [6.07, 6.45) is 43.6. The Hall–Kier alpha value is -3.19. The first-order valence-electron chi connectivity index (χ1n) is 11.3. The molecular weight excluding hydrogens is 376 g/mol. The lowest BCUT2D eigenvalue weighted by Gasteiger charge is -2.43. The van der Waals surface area contributed by atoms with E-state index in [1.54, 1.807) is 0 Å². The van der Waals surface area contributed by atoms with Crippen LogP contribution in [0.15, 0.2) is 126 Å². The second kappa shape index (κ2) is 7.20. The fourth-order valence-electron chi connectivity index (χ4n) is 6.23. The lowest BCUT2D eigenvalue weighted by atomic mass is 9.59. The molecule has 6 aliphatic carbocycles. The van der Waals surface area contributed by atoms with Crippen molar-refractivity contribution >= 4 is 5.78 Å². The highest BCUT2D eigenvalue weighted by Gasteiger charge is 2.48. The number of rotatable bonds is 1. The molecule has 0 N–H and O–H groups in total. The molecular formula is C30H25O. The van der Waals surface area contributed by atoms with Crippen molar-refractivity contribution in [2.45, 2.75) is 6.42 Å². The zero-order valence-electron chi connectivity index (χ0n) is 17.4. The van der Waals surface area contributed by atoms with Gasteiger partial charge in [-0.2, -0.15) is 0 Å². The van der Waals surface area contributed by atoms with Gasteiger partial charge in [0.2, 0.25) is 0 Å². The van der Waals surface area contributed by atoms with E-state index >= 15 is 0 Å². The Morgan fingerprint density at radius 2 is 1.52 bits per heavy atom. The SMILES string of the molecule is O=C1[C]=C2C=CC=CC2C2C=CC=CC2(C2=C3C=CC=CC3C3C=CC=CC3C=C2)C1. The van der Waals surface area contributed by atoms with Crippen molar-refractivity contribution in [1.29, 1.82) is 0 Å². The molecule has 6 atom stereocenters. The maximum Gasteiger partial charge on any atom is 0.165 e. The summed E-state index contributed by atoms with van der Waals surface area (Å²) in [5, 5.41) is 0. The molecule has 1 nitrogen and oxygen atoms in total. The summed E-state index contributed by atoms with van der Waals surface area (Å²) in [5.41, 5.74) is 3.28. The third kappa shape index (κ3) is 2.87. The van der Waals surface area contributed by atoms with Gasteiger partial charge in [-0.15, -0.1) is 0 Å². The van der Waals surface area contributed by atoms with Crippen molar-refractivity contribution < 1.29 is 4.79 Å². The number of Topliss-reactive ketones (excluding diaryl/α,β-unsaturated/α-hetero) is 1. The molecule has 6 rings (SSSR count). The van der Waals surface area contributed by atoms with Crippen LogP contribution in [0.1, 0.15) is 6.42 Å². The van der Waals surface area contributed by atoms with Crippen molar-refractivity contribution in [1.82, 2.24) is 0 Å². The summed E-state index contributed by atoms with van der Waals surface area (Å²) < 4.78 is 0. The van der Waals surface area contributed by atoms with Crippen LogP contribution in [-0.4, -0.2) is 5.78 Å². The third-order valence-electron chi connectivity index (χ3n) is 7.61. The molecule has 0 bridgehead atoms. The van der Waals surface area contributed by atoms with Crippen molar-refractivity contribution in [2.24, 2.45) is 35.0 Å². The molecule has 0 fully saturated rings. The number of allylic oxidation sites excluding steroid dienone is 22. The average Bonchev–Trinajstić information content (AvgIpc) is 3.05. The van der Waals surface area contributed by atoms with E-state index in [9.17, 15) is 4.79 Å². The van der Waals surface area contributed by atoms with Crippen molar-refractivity contribution in [3.8, 4) is 0 Å². The van der Waals surface area contributed by atoms with Gasteiger partial charge in [0.05, 0.1) is 0 Å². The molecule has 0 aromatic rings. The maximum absolute atomic E-state index is 13.2. The van der Waals surface area contributed by atoms with Gasteiger partial charge in [0.1, 0.15) is 0 Å². The van der Waals surface area contributed by atoms with Crippen LogP contribution in [0, 0.1) is 41.1 Å². The number of carbonyl (C=O) groups is 1. The Kier molecular flexibility index (Phi) is 4.31. The highest BCUT2D eigenvalue weighted by atomic mass is 16.1. The van der Waals surface area contributed by atoms with Crippen LogP contribution in [0.2, 0.25) is 0 Å². The van der Waals surface area contributed by atoms with Gasteiger partial charge in [0.25, 0.3) is 0 Å². The minimum Gasteiger partial charge on any atom is -0.294 e. The normalized spacial score (nSPS) is 38.9. The van der Waals surface area contributed by atoms with E-state index in [0.717, 1.165) is 5.57 Å². The van der Waals surface area contributed by atoms with Crippen molar-refractivity contribution in [2.75, 3.05) is 0 Å². The van der Waals surface area contributed by atoms with E-state index in [2.05, 4.69) is 109 Å². The highest BCUT2D eigenvalue weighted by Crippen LogP contribution is 2.55. The van der Waals surface area contributed by atoms with Crippen LogP contribution in [0.3, 0.4) is 0 Å². The summed E-state index contributed by atoms with van der Waals surface area (Å²) in [7, 11) is 0. The number of ketones is 1. The topological polar surface area (TPSA) is 17.1 Å². The van der Waals surface area contributed by atoms with E-state index < -0.39 is 0 Å². The van der Waals surface area contributed by atoms with E-state index in [1.807, 2.05) is 6.08 Å². The van der Waals surface area contributed by atoms with E-state index in [4.69, 9.17) is 0 Å². The molecule has 0 aromatic heterocycles. The molecule has 0 aliphatic heterocycles. The molecule has 0 heterocycles. The van der Waals surface area contributed by atoms with Crippen LogP contribution in [0.5, 0.6) is 0 Å². The number of hydrogen-bond acceptors (Lipinski definition) is 1. The standard InChI is InChI=1S/C30H25O/c31-23-19-22-10-2-4-12-25(22)28-15-7-8-18-30(28,20-23)29-17-16-21-9-1-3-11-24(21)26-13-5-6-14-27(26)29/h1-18,21,24-26,28H,20H2. The van der Waals surface area contributed by atoms with E-state index in [0.29, 0.717) is 24.2 Å². The Morgan fingerprint density at radius 1 is 0.742 bits per heavy atom. The molecule has 0 saturated heterocycles. The number of fused-ring (bicyclic) bond motifs is 6. The van der Waals surface area contributed by atoms with Crippen LogP contribution < -0.4 is 0 Å². The first-order valence-corrected chi connectivity index (χ1v) is 11.3. The monoisotopic (exact) mass is 401 g/mol. The second-order valence-electron chi connectivity index (χ2n) is 9.18. The Morgan fingerprint density at radius 3 is 2.45 bits per heavy atom. The first kappa shape index (κ1) is 18.6. The van der Waals surface area contributed by atoms with Gasteiger partial charge >= 0.3 is 0 Å². The van der Waals surface area contributed by atoms with Crippen LogP contribution in [-0.2, 0) is 4.79 Å². The third-order valence-corrected chi connectivity index (χ3v) is 7.61. The van der Waals surface area contributed by atoms with E-state index in [1.165, 1.54) is 11.1 Å². The summed E-state index contributed by atoms with van der Waals surface area (Å²) in [5.74, 6) is 1.53. The van der Waals surface area contributed by atoms with Gasteiger partial charge in [-0.05, 0) is 22.6 Å². The molecule has 0 spiro atoms. The number of hydrogen-bond donors (Lipinski definition) is 0. The molecule has 151 valence electrons. The molecule has 0 amide bonds. The largest absolute Gasteiger partial charge is 0.294 e. The van der Waals surface area contributed by atoms with Gasteiger partial charge in [0.15, 0.2) is 5.78 Å². The minimum absolute atomic E-state index is 0.0947. The Balaban J connectivity index is 1.57. The van der Waals surface area contributed by atoms with Crippen LogP contribution in [0.4, 0.5) is 0 Å². The van der Waals surface area contributed by atoms with Crippen LogP contribution >= 0.6 is 0 Å². The zero-order chi connectivity index (χ0) is 20.8. The van der Waals surface area contributed by atoms with Gasteiger partial charge in [0, 0.05) is 41.6 Å². The smallest absolute Gasteiger partial charge is 0.165 e. The molecule has 6 unspecified atom stereocenters. The lowest BCUT2D eigenvalue weighted by Crippen LogP contribution is -2.37. The lowest BCUT2D eigenvalue weighted by molar-refractivity contribution is -0.116. The molecule has 0 aromatic carbocycles. The second-order valence-corrected chi connectivity index (χ2v) is 9.18.